The highest BCUT2D eigenvalue weighted by Gasteiger charge is 2.29. The maximum atomic E-state index is 5.93. The number of para-hydroxylation sites is 1. The van der Waals surface area contributed by atoms with Gasteiger partial charge in [0.05, 0.1) is 0 Å². The number of nitrogens with two attached hydrogens (primary N) is 1. The Kier molecular flexibility index (Phi) is 2.41. The van der Waals surface area contributed by atoms with Gasteiger partial charge in [0.2, 0.25) is 0 Å². The molecule has 5 N–H and O–H groups in total. The number of rotatable bonds is 1. The van der Waals surface area contributed by atoms with Gasteiger partial charge in [-0.05, 0) is 13.0 Å². The molecular formula is C10H16N4. The van der Waals surface area contributed by atoms with Crippen LogP contribution >= 0.6 is 0 Å². The Bertz CT molecular complexity index is 318. The molecule has 0 aliphatic carbocycles. The SMILES string of the molecule is CC1(c2ccccc2N)NCCNN1. The summed E-state index contributed by atoms with van der Waals surface area (Å²) in [6, 6.07) is 7.88. The molecule has 1 aromatic rings. The average Bonchev–Trinajstić information content (AvgIpc) is 2.19. The third-order valence-corrected chi connectivity index (χ3v) is 2.57. The van der Waals surface area contributed by atoms with Gasteiger partial charge in [-0.1, -0.05) is 18.2 Å². The van der Waals surface area contributed by atoms with Crippen LogP contribution < -0.4 is 21.9 Å². The lowest BCUT2D eigenvalue weighted by molar-refractivity contribution is 0.209. The van der Waals surface area contributed by atoms with Gasteiger partial charge in [0.1, 0.15) is 5.66 Å². The number of hydrogen-bond donors (Lipinski definition) is 4. The molecule has 0 spiro atoms. The van der Waals surface area contributed by atoms with Gasteiger partial charge >= 0.3 is 0 Å². The van der Waals surface area contributed by atoms with Gasteiger partial charge in [-0.3, -0.25) is 10.7 Å². The summed E-state index contributed by atoms with van der Waals surface area (Å²) in [6.07, 6.45) is 0. The monoisotopic (exact) mass is 192 g/mol. The normalized spacial score (nSPS) is 27.5. The van der Waals surface area contributed by atoms with Gasteiger partial charge in [-0.25, -0.2) is 5.43 Å². The molecule has 1 aromatic carbocycles. The predicted molar refractivity (Wildman–Crippen MR) is 57.3 cm³/mol. The fourth-order valence-electron chi connectivity index (χ4n) is 1.77. The zero-order valence-electron chi connectivity index (χ0n) is 8.30. The first-order valence-electron chi connectivity index (χ1n) is 4.82. The molecule has 0 radical (unpaired) electrons. The molecule has 1 unspecified atom stereocenters. The Morgan fingerprint density at radius 1 is 1.29 bits per heavy atom. The first-order chi connectivity index (χ1) is 6.72. The van der Waals surface area contributed by atoms with Gasteiger partial charge in [0.15, 0.2) is 0 Å². The number of nitrogens with one attached hydrogen (secondary N) is 3. The summed E-state index contributed by atoms with van der Waals surface area (Å²) in [4.78, 5) is 0. The lowest BCUT2D eigenvalue weighted by Crippen LogP contribution is -2.63. The van der Waals surface area contributed by atoms with Crippen LogP contribution in [0.5, 0.6) is 0 Å². The summed E-state index contributed by atoms with van der Waals surface area (Å²) in [6.45, 7) is 3.92. The molecule has 0 aromatic heterocycles. The Labute approximate surface area is 83.8 Å². The van der Waals surface area contributed by atoms with Crippen molar-refractivity contribution < 1.29 is 0 Å². The molecule has 2 rings (SSSR count). The number of nitrogen functional groups attached to an aromatic ring is 1. The van der Waals surface area contributed by atoms with Crippen LogP contribution in [0.3, 0.4) is 0 Å². The van der Waals surface area contributed by atoms with E-state index in [0.29, 0.717) is 0 Å². The third-order valence-electron chi connectivity index (χ3n) is 2.57. The first kappa shape index (κ1) is 9.45. The number of hydrazine groups is 1. The van der Waals surface area contributed by atoms with Crippen molar-refractivity contribution >= 4 is 5.69 Å². The summed E-state index contributed by atoms with van der Waals surface area (Å²) in [5, 5.41) is 3.40. The van der Waals surface area contributed by atoms with Crippen molar-refractivity contribution in [2.45, 2.75) is 12.6 Å². The summed E-state index contributed by atoms with van der Waals surface area (Å²) in [5.74, 6) is 0. The van der Waals surface area contributed by atoms with Crippen molar-refractivity contribution in [3.05, 3.63) is 29.8 Å². The molecule has 1 heterocycles. The average molecular weight is 192 g/mol. The molecule has 1 aliphatic rings. The zero-order valence-corrected chi connectivity index (χ0v) is 8.30. The lowest BCUT2D eigenvalue weighted by Gasteiger charge is -2.37. The maximum absolute atomic E-state index is 5.93. The van der Waals surface area contributed by atoms with E-state index in [0.717, 1.165) is 24.3 Å². The van der Waals surface area contributed by atoms with Crippen LogP contribution in [0, 0.1) is 0 Å². The van der Waals surface area contributed by atoms with Crippen LogP contribution in [0.25, 0.3) is 0 Å². The molecule has 0 saturated carbocycles. The van der Waals surface area contributed by atoms with Crippen LogP contribution in [0.2, 0.25) is 0 Å². The molecule has 0 amide bonds. The van der Waals surface area contributed by atoms with E-state index >= 15 is 0 Å². The molecule has 4 nitrogen and oxygen atoms in total. The number of benzene rings is 1. The van der Waals surface area contributed by atoms with Gasteiger partial charge in [0, 0.05) is 24.3 Å². The summed E-state index contributed by atoms with van der Waals surface area (Å²) >= 11 is 0. The van der Waals surface area contributed by atoms with E-state index in [1.54, 1.807) is 0 Å². The fourth-order valence-corrected chi connectivity index (χ4v) is 1.77. The Hall–Kier alpha value is -1.10. The van der Waals surface area contributed by atoms with Gasteiger partial charge < -0.3 is 5.73 Å². The highest BCUT2D eigenvalue weighted by Crippen LogP contribution is 2.23. The summed E-state index contributed by atoms with van der Waals surface area (Å²) < 4.78 is 0. The number of hydrogen-bond acceptors (Lipinski definition) is 4. The van der Waals surface area contributed by atoms with Crippen LogP contribution in [0.4, 0.5) is 5.69 Å². The largest absolute Gasteiger partial charge is 0.398 e. The van der Waals surface area contributed by atoms with Crippen LogP contribution in [-0.4, -0.2) is 13.1 Å². The van der Waals surface area contributed by atoms with Crippen molar-refractivity contribution in [2.24, 2.45) is 0 Å². The van der Waals surface area contributed by atoms with Crippen molar-refractivity contribution in [1.82, 2.24) is 16.2 Å². The van der Waals surface area contributed by atoms with Crippen LogP contribution in [0.15, 0.2) is 24.3 Å². The second kappa shape index (κ2) is 3.57. The quantitative estimate of drug-likeness (QED) is 0.478. The fraction of sp³-hybridized carbons (Fsp3) is 0.400. The summed E-state index contributed by atoms with van der Waals surface area (Å²) in [5.41, 5.74) is 13.9. The van der Waals surface area contributed by atoms with E-state index in [2.05, 4.69) is 23.1 Å². The highest BCUT2D eigenvalue weighted by molar-refractivity contribution is 5.49. The predicted octanol–water partition coefficient (Wildman–Crippen LogP) is 0.139. The Morgan fingerprint density at radius 2 is 2.07 bits per heavy atom. The van der Waals surface area contributed by atoms with Gasteiger partial charge in [-0.15, -0.1) is 0 Å². The lowest BCUT2D eigenvalue weighted by atomic mass is 9.99. The van der Waals surface area contributed by atoms with Crippen LogP contribution in [0.1, 0.15) is 12.5 Å². The Morgan fingerprint density at radius 3 is 2.71 bits per heavy atom. The molecule has 0 bridgehead atoms. The second-order valence-corrected chi connectivity index (χ2v) is 3.69. The van der Waals surface area contributed by atoms with Gasteiger partial charge in [-0.2, -0.15) is 0 Å². The minimum atomic E-state index is -0.274. The molecule has 4 heteroatoms. The topological polar surface area (TPSA) is 62.1 Å². The van der Waals surface area contributed by atoms with Crippen LogP contribution in [-0.2, 0) is 5.66 Å². The first-order valence-corrected chi connectivity index (χ1v) is 4.82. The van der Waals surface area contributed by atoms with E-state index in [1.807, 2.05) is 24.3 Å². The van der Waals surface area contributed by atoms with Crippen molar-refractivity contribution in [1.29, 1.82) is 0 Å². The standard InChI is InChI=1S/C10H16N4/c1-10(12-6-7-13-14-10)8-4-2-3-5-9(8)11/h2-5,12-14H,6-7,11H2,1H3. The second-order valence-electron chi connectivity index (χ2n) is 3.69. The molecule has 1 saturated heterocycles. The minimum Gasteiger partial charge on any atom is -0.398 e. The molecule has 1 fully saturated rings. The molecule has 1 aliphatic heterocycles. The molecule has 76 valence electrons. The van der Waals surface area contributed by atoms with E-state index < -0.39 is 0 Å². The van der Waals surface area contributed by atoms with Gasteiger partial charge in [0.25, 0.3) is 0 Å². The zero-order chi connectivity index (χ0) is 10.0. The van der Waals surface area contributed by atoms with Crippen molar-refractivity contribution in [3.63, 3.8) is 0 Å². The number of anilines is 1. The minimum absolute atomic E-state index is 0.274. The van der Waals surface area contributed by atoms with E-state index in [1.165, 1.54) is 0 Å². The highest BCUT2D eigenvalue weighted by atomic mass is 15.5. The smallest absolute Gasteiger partial charge is 0.107 e. The van der Waals surface area contributed by atoms with E-state index in [9.17, 15) is 0 Å². The summed E-state index contributed by atoms with van der Waals surface area (Å²) in [7, 11) is 0. The van der Waals surface area contributed by atoms with E-state index in [-0.39, 0.29) is 5.66 Å². The third kappa shape index (κ3) is 1.59. The molecule has 14 heavy (non-hydrogen) atoms. The Balaban J connectivity index is 2.32. The van der Waals surface area contributed by atoms with Crippen molar-refractivity contribution in [2.75, 3.05) is 18.8 Å². The molecular weight excluding hydrogens is 176 g/mol. The maximum Gasteiger partial charge on any atom is 0.107 e. The van der Waals surface area contributed by atoms with E-state index in [4.69, 9.17) is 5.73 Å². The van der Waals surface area contributed by atoms with Crippen molar-refractivity contribution in [3.8, 4) is 0 Å². The molecule has 1 atom stereocenters.